The van der Waals surface area contributed by atoms with Gasteiger partial charge in [0, 0.05) is 11.6 Å². The van der Waals surface area contributed by atoms with Gasteiger partial charge >= 0.3 is 0 Å². The van der Waals surface area contributed by atoms with E-state index in [1.807, 2.05) is 31.2 Å². The Morgan fingerprint density at radius 1 is 1.35 bits per heavy atom. The maximum atomic E-state index is 12.2. The van der Waals surface area contributed by atoms with Crippen LogP contribution in [0.15, 0.2) is 35.5 Å². The Bertz CT molecular complexity index is 677. The first-order valence-electron chi connectivity index (χ1n) is 6.16. The van der Waals surface area contributed by atoms with Crippen LogP contribution in [0, 0.1) is 6.92 Å². The van der Waals surface area contributed by atoms with Crippen LogP contribution in [-0.2, 0) is 16.6 Å². The van der Waals surface area contributed by atoms with Crippen LogP contribution in [0.1, 0.15) is 29.7 Å². The van der Waals surface area contributed by atoms with Gasteiger partial charge in [-0.3, -0.25) is 5.10 Å². The second kappa shape index (κ2) is 5.74. The molecule has 20 heavy (non-hydrogen) atoms. The molecule has 1 heterocycles. The number of aliphatic hydroxyl groups is 1. The van der Waals surface area contributed by atoms with Crippen molar-refractivity contribution >= 4 is 10.0 Å². The molecule has 3 N–H and O–H groups in total. The van der Waals surface area contributed by atoms with E-state index in [9.17, 15) is 8.42 Å². The molecular formula is C13H17N3O3S. The smallest absolute Gasteiger partial charge is 0.258 e. The van der Waals surface area contributed by atoms with E-state index in [-0.39, 0.29) is 23.2 Å². The Kier molecular flexibility index (Phi) is 4.22. The summed E-state index contributed by atoms with van der Waals surface area (Å²) in [6.45, 7) is 3.35. The number of nitrogens with one attached hydrogen (secondary N) is 2. The number of H-pyrrole nitrogens is 1. The zero-order chi connectivity index (χ0) is 14.8. The van der Waals surface area contributed by atoms with Crippen molar-refractivity contribution in [1.82, 2.24) is 14.9 Å². The SMILES string of the molecule is Cc1ccc(C(C)NS(=O)(=O)c2[nH]ncc2CO)cc1. The van der Waals surface area contributed by atoms with Crippen LogP contribution in [0.4, 0.5) is 0 Å². The molecule has 0 radical (unpaired) electrons. The van der Waals surface area contributed by atoms with Gasteiger partial charge in [-0.05, 0) is 19.4 Å². The fraction of sp³-hybridized carbons (Fsp3) is 0.308. The molecule has 0 bridgehead atoms. The minimum Gasteiger partial charge on any atom is -0.392 e. The monoisotopic (exact) mass is 295 g/mol. The second-order valence-corrected chi connectivity index (χ2v) is 6.29. The van der Waals surface area contributed by atoms with Gasteiger partial charge in [0.15, 0.2) is 5.03 Å². The van der Waals surface area contributed by atoms with Crippen molar-refractivity contribution < 1.29 is 13.5 Å². The number of aryl methyl sites for hydroxylation is 1. The van der Waals surface area contributed by atoms with E-state index in [4.69, 9.17) is 5.11 Å². The molecule has 1 aromatic heterocycles. The summed E-state index contributed by atoms with van der Waals surface area (Å²) in [5, 5.41) is 15.1. The second-order valence-electron chi connectivity index (χ2n) is 4.64. The molecule has 108 valence electrons. The predicted molar refractivity (Wildman–Crippen MR) is 74.4 cm³/mol. The van der Waals surface area contributed by atoms with Crippen molar-refractivity contribution in [2.75, 3.05) is 0 Å². The molecule has 2 aromatic rings. The van der Waals surface area contributed by atoms with Crippen LogP contribution in [0.2, 0.25) is 0 Å². The van der Waals surface area contributed by atoms with E-state index in [0.29, 0.717) is 0 Å². The first-order valence-corrected chi connectivity index (χ1v) is 7.64. The van der Waals surface area contributed by atoms with Crippen LogP contribution < -0.4 is 4.72 Å². The molecule has 0 aliphatic rings. The highest BCUT2D eigenvalue weighted by atomic mass is 32.2. The third kappa shape index (κ3) is 3.06. The lowest BCUT2D eigenvalue weighted by molar-refractivity contribution is 0.278. The third-order valence-corrected chi connectivity index (χ3v) is 4.58. The number of sulfonamides is 1. The summed E-state index contributed by atoms with van der Waals surface area (Å²) in [5.74, 6) is 0. The average molecular weight is 295 g/mol. The standard InChI is InChI=1S/C13H17N3O3S/c1-9-3-5-11(6-4-9)10(2)16-20(18,19)13-12(8-17)7-14-15-13/h3-7,10,16-17H,8H2,1-2H3,(H,14,15). The number of nitrogens with zero attached hydrogens (tertiary/aromatic N) is 1. The van der Waals surface area contributed by atoms with E-state index in [2.05, 4.69) is 14.9 Å². The number of rotatable bonds is 5. The molecule has 7 heteroatoms. The van der Waals surface area contributed by atoms with E-state index in [1.165, 1.54) is 6.20 Å². The fourth-order valence-corrected chi connectivity index (χ4v) is 3.21. The lowest BCUT2D eigenvalue weighted by Gasteiger charge is -2.14. The predicted octanol–water partition coefficient (Wildman–Crippen LogP) is 1.25. The summed E-state index contributed by atoms with van der Waals surface area (Å²) in [5.41, 5.74) is 2.22. The Morgan fingerprint density at radius 3 is 2.60 bits per heavy atom. The van der Waals surface area contributed by atoms with Crippen molar-refractivity contribution in [3.05, 3.63) is 47.2 Å². The molecule has 0 spiro atoms. The van der Waals surface area contributed by atoms with Gasteiger partial charge in [-0.2, -0.15) is 5.10 Å². The van der Waals surface area contributed by atoms with Crippen molar-refractivity contribution in [2.45, 2.75) is 31.5 Å². The summed E-state index contributed by atoms with van der Waals surface area (Å²) < 4.78 is 27.0. The summed E-state index contributed by atoms with van der Waals surface area (Å²) in [6.07, 6.45) is 1.30. The van der Waals surface area contributed by atoms with Gasteiger partial charge in [0.25, 0.3) is 10.0 Å². The molecule has 6 nitrogen and oxygen atoms in total. The number of hydrogen-bond acceptors (Lipinski definition) is 4. The van der Waals surface area contributed by atoms with Gasteiger partial charge in [0.2, 0.25) is 0 Å². The van der Waals surface area contributed by atoms with Gasteiger partial charge < -0.3 is 5.11 Å². The lowest BCUT2D eigenvalue weighted by atomic mass is 10.1. The first kappa shape index (κ1) is 14.7. The van der Waals surface area contributed by atoms with Crippen molar-refractivity contribution in [2.24, 2.45) is 0 Å². The van der Waals surface area contributed by atoms with Gasteiger partial charge in [0.1, 0.15) is 0 Å². The first-order chi connectivity index (χ1) is 9.44. The number of aromatic amines is 1. The van der Waals surface area contributed by atoms with Gasteiger partial charge in [-0.15, -0.1) is 0 Å². The van der Waals surface area contributed by atoms with Gasteiger partial charge in [-0.1, -0.05) is 29.8 Å². The average Bonchev–Trinajstić information content (AvgIpc) is 2.88. The van der Waals surface area contributed by atoms with Crippen molar-refractivity contribution in [3.8, 4) is 0 Å². The highest BCUT2D eigenvalue weighted by molar-refractivity contribution is 7.89. The normalized spacial score (nSPS) is 13.3. The molecule has 2 rings (SSSR count). The summed E-state index contributed by atoms with van der Waals surface area (Å²) in [4.78, 5) is 0. The molecule has 0 aliphatic heterocycles. The Hall–Kier alpha value is -1.70. The Balaban J connectivity index is 2.22. The zero-order valence-electron chi connectivity index (χ0n) is 11.3. The molecular weight excluding hydrogens is 278 g/mol. The highest BCUT2D eigenvalue weighted by Gasteiger charge is 2.23. The molecule has 0 aliphatic carbocycles. The van der Waals surface area contributed by atoms with Crippen molar-refractivity contribution in [1.29, 1.82) is 0 Å². The van der Waals surface area contributed by atoms with Crippen LogP contribution >= 0.6 is 0 Å². The van der Waals surface area contributed by atoms with Gasteiger partial charge in [-0.25, -0.2) is 13.1 Å². The molecule has 1 aromatic carbocycles. The molecule has 1 atom stereocenters. The molecule has 0 fully saturated rings. The largest absolute Gasteiger partial charge is 0.392 e. The quantitative estimate of drug-likeness (QED) is 0.773. The third-order valence-electron chi connectivity index (χ3n) is 3.03. The maximum Gasteiger partial charge on any atom is 0.258 e. The number of aliphatic hydroxyl groups excluding tert-OH is 1. The molecule has 0 saturated heterocycles. The minimum atomic E-state index is -3.75. The van der Waals surface area contributed by atoms with Crippen molar-refractivity contribution in [3.63, 3.8) is 0 Å². The van der Waals surface area contributed by atoms with Crippen LogP contribution in [-0.4, -0.2) is 23.7 Å². The highest BCUT2D eigenvalue weighted by Crippen LogP contribution is 2.18. The Morgan fingerprint density at radius 2 is 2.00 bits per heavy atom. The van der Waals surface area contributed by atoms with E-state index in [0.717, 1.165) is 11.1 Å². The molecule has 0 saturated carbocycles. The van der Waals surface area contributed by atoms with E-state index >= 15 is 0 Å². The topological polar surface area (TPSA) is 95.1 Å². The fourth-order valence-electron chi connectivity index (χ4n) is 1.86. The number of benzene rings is 1. The van der Waals surface area contributed by atoms with Crippen LogP contribution in [0.5, 0.6) is 0 Å². The summed E-state index contributed by atoms with van der Waals surface area (Å²) >= 11 is 0. The Labute approximate surface area is 117 Å². The summed E-state index contributed by atoms with van der Waals surface area (Å²) in [6, 6.07) is 7.23. The molecule has 0 amide bonds. The van der Waals surface area contributed by atoms with Crippen LogP contribution in [0.25, 0.3) is 0 Å². The van der Waals surface area contributed by atoms with E-state index in [1.54, 1.807) is 6.92 Å². The number of hydrogen-bond donors (Lipinski definition) is 3. The molecule has 1 unspecified atom stereocenters. The van der Waals surface area contributed by atoms with Gasteiger partial charge in [0.05, 0.1) is 12.8 Å². The maximum absolute atomic E-state index is 12.2. The van der Waals surface area contributed by atoms with Crippen LogP contribution in [0.3, 0.4) is 0 Å². The summed E-state index contributed by atoms with van der Waals surface area (Å²) in [7, 11) is -3.75. The lowest BCUT2D eigenvalue weighted by Crippen LogP contribution is -2.28. The minimum absolute atomic E-state index is 0.0982. The number of aromatic nitrogens is 2. The van der Waals surface area contributed by atoms with E-state index < -0.39 is 10.0 Å². The zero-order valence-corrected chi connectivity index (χ0v) is 12.1.